The molecule has 1 N–H and O–H groups in total. The predicted molar refractivity (Wildman–Crippen MR) is 86.9 cm³/mol. The highest BCUT2D eigenvalue weighted by Crippen LogP contribution is 2.34. The second-order valence-corrected chi connectivity index (χ2v) is 6.02. The molecule has 1 saturated heterocycles. The van der Waals surface area contributed by atoms with Crippen molar-refractivity contribution in [2.75, 3.05) is 31.7 Å². The van der Waals surface area contributed by atoms with Crippen molar-refractivity contribution in [3.8, 4) is 0 Å². The molecule has 1 fully saturated rings. The number of rotatable bonds is 6. The number of aromatic nitrogens is 2. The van der Waals surface area contributed by atoms with Gasteiger partial charge in [0, 0.05) is 45.4 Å². The Balaban J connectivity index is 2.28. The van der Waals surface area contributed by atoms with E-state index in [1.165, 1.54) is 0 Å². The van der Waals surface area contributed by atoms with Gasteiger partial charge in [0.2, 0.25) is 0 Å². The molecule has 0 radical (unpaired) electrons. The van der Waals surface area contributed by atoms with Crippen LogP contribution in [0, 0.1) is 3.57 Å². The number of nitrogens with one attached hydrogen (secondary N) is 1. The molecule has 0 amide bonds. The quantitative estimate of drug-likeness (QED) is 0.756. The molecule has 0 aliphatic carbocycles. The fourth-order valence-electron chi connectivity index (χ4n) is 2.36. The van der Waals surface area contributed by atoms with Gasteiger partial charge in [-0.25, -0.2) is 9.97 Å². The van der Waals surface area contributed by atoms with E-state index in [0.717, 1.165) is 41.0 Å². The van der Waals surface area contributed by atoms with Crippen molar-refractivity contribution in [3.63, 3.8) is 0 Å². The summed E-state index contributed by atoms with van der Waals surface area (Å²) < 4.78 is 12.5. The second-order valence-electron chi connectivity index (χ2n) is 4.86. The van der Waals surface area contributed by atoms with Crippen LogP contribution < -0.4 is 5.32 Å². The van der Waals surface area contributed by atoms with Gasteiger partial charge in [0.05, 0.1) is 3.57 Å². The summed E-state index contributed by atoms with van der Waals surface area (Å²) >= 11 is 2.26. The number of nitrogens with zero attached hydrogens (tertiary/aromatic N) is 2. The standard InChI is InChI=1S/C14H22IN3O2/c1-3-7-16-12-11(15)10-17-13(18-12)14(20-4-2)5-8-19-9-6-14/h10H,3-9H2,1-2H3,(H,16,17,18). The average molecular weight is 391 g/mol. The second kappa shape index (κ2) is 7.51. The fourth-order valence-corrected chi connectivity index (χ4v) is 2.81. The third-order valence-electron chi connectivity index (χ3n) is 3.42. The zero-order chi connectivity index (χ0) is 14.4. The number of hydrogen-bond donors (Lipinski definition) is 1. The molecule has 1 aromatic rings. The van der Waals surface area contributed by atoms with Gasteiger partial charge in [-0.15, -0.1) is 0 Å². The Morgan fingerprint density at radius 2 is 2.15 bits per heavy atom. The Kier molecular flexibility index (Phi) is 5.98. The van der Waals surface area contributed by atoms with Crippen LogP contribution in [0.5, 0.6) is 0 Å². The minimum absolute atomic E-state index is 0.389. The van der Waals surface area contributed by atoms with E-state index in [-0.39, 0.29) is 5.60 Å². The Bertz CT molecular complexity index is 431. The first kappa shape index (κ1) is 15.9. The van der Waals surface area contributed by atoms with Gasteiger partial charge in [-0.2, -0.15) is 0 Å². The van der Waals surface area contributed by atoms with Gasteiger partial charge in [0.25, 0.3) is 0 Å². The Morgan fingerprint density at radius 3 is 2.80 bits per heavy atom. The molecule has 112 valence electrons. The molecule has 2 heterocycles. The zero-order valence-electron chi connectivity index (χ0n) is 12.1. The molecule has 1 aliphatic heterocycles. The van der Waals surface area contributed by atoms with Crippen LogP contribution in [-0.4, -0.2) is 36.3 Å². The van der Waals surface area contributed by atoms with Gasteiger partial charge < -0.3 is 14.8 Å². The lowest BCUT2D eigenvalue weighted by Crippen LogP contribution is -2.38. The molecule has 1 aliphatic rings. The zero-order valence-corrected chi connectivity index (χ0v) is 14.3. The van der Waals surface area contributed by atoms with Crippen molar-refractivity contribution in [2.24, 2.45) is 0 Å². The van der Waals surface area contributed by atoms with Gasteiger partial charge in [0.1, 0.15) is 11.4 Å². The minimum atomic E-state index is -0.389. The van der Waals surface area contributed by atoms with E-state index >= 15 is 0 Å². The lowest BCUT2D eigenvalue weighted by atomic mass is 9.93. The van der Waals surface area contributed by atoms with E-state index in [2.05, 4.69) is 39.8 Å². The molecule has 0 spiro atoms. The highest BCUT2D eigenvalue weighted by atomic mass is 127. The lowest BCUT2D eigenvalue weighted by Gasteiger charge is -2.35. The van der Waals surface area contributed by atoms with E-state index in [1.54, 1.807) is 0 Å². The predicted octanol–water partition coefficient (Wildman–Crippen LogP) is 2.95. The topological polar surface area (TPSA) is 56.3 Å². The molecular formula is C14H22IN3O2. The van der Waals surface area contributed by atoms with Crippen LogP contribution in [0.4, 0.5) is 5.82 Å². The molecular weight excluding hydrogens is 369 g/mol. The van der Waals surface area contributed by atoms with Crippen molar-refractivity contribution < 1.29 is 9.47 Å². The maximum Gasteiger partial charge on any atom is 0.162 e. The van der Waals surface area contributed by atoms with E-state index in [1.807, 2.05) is 13.1 Å². The van der Waals surface area contributed by atoms with Gasteiger partial charge >= 0.3 is 0 Å². The molecule has 0 unspecified atom stereocenters. The summed E-state index contributed by atoms with van der Waals surface area (Å²) in [6.45, 7) is 7.13. The Morgan fingerprint density at radius 1 is 1.40 bits per heavy atom. The van der Waals surface area contributed by atoms with Gasteiger partial charge in [0.15, 0.2) is 5.82 Å². The molecule has 5 nitrogen and oxygen atoms in total. The smallest absolute Gasteiger partial charge is 0.162 e. The summed E-state index contributed by atoms with van der Waals surface area (Å²) in [4.78, 5) is 9.24. The van der Waals surface area contributed by atoms with Crippen molar-refractivity contribution in [1.29, 1.82) is 0 Å². The molecule has 2 rings (SSSR count). The first-order valence-electron chi connectivity index (χ1n) is 7.20. The van der Waals surface area contributed by atoms with Crippen molar-refractivity contribution in [2.45, 2.75) is 38.7 Å². The van der Waals surface area contributed by atoms with Crippen LogP contribution >= 0.6 is 22.6 Å². The van der Waals surface area contributed by atoms with Crippen LogP contribution in [0.25, 0.3) is 0 Å². The van der Waals surface area contributed by atoms with Gasteiger partial charge in [-0.3, -0.25) is 0 Å². The summed E-state index contributed by atoms with van der Waals surface area (Å²) in [5.74, 6) is 1.68. The van der Waals surface area contributed by atoms with E-state index in [4.69, 9.17) is 14.5 Å². The third-order valence-corrected chi connectivity index (χ3v) is 4.20. The van der Waals surface area contributed by atoms with E-state index < -0.39 is 0 Å². The maximum atomic E-state index is 6.02. The van der Waals surface area contributed by atoms with Crippen molar-refractivity contribution in [3.05, 3.63) is 15.6 Å². The largest absolute Gasteiger partial charge is 0.381 e. The number of ether oxygens (including phenoxy) is 2. The summed E-state index contributed by atoms with van der Waals surface area (Å²) in [5.41, 5.74) is -0.389. The molecule has 0 atom stereocenters. The molecule has 6 heteroatoms. The number of hydrogen-bond acceptors (Lipinski definition) is 5. The summed E-state index contributed by atoms with van der Waals surface area (Å²) in [6, 6.07) is 0. The summed E-state index contributed by atoms with van der Waals surface area (Å²) in [7, 11) is 0. The average Bonchev–Trinajstić information content (AvgIpc) is 2.47. The minimum Gasteiger partial charge on any atom is -0.381 e. The van der Waals surface area contributed by atoms with Crippen LogP contribution in [-0.2, 0) is 15.1 Å². The monoisotopic (exact) mass is 391 g/mol. The molecule has 1 aromatic heterocycles. The lowest BCUT2D eigenvalue weighted by molar-refractivity contribution is -0.117. The van der Waals surface area contributed by atoms with Gasteiger partial charge in [-0.1, -0.05) is 6.92 Å². The van der Waals surface area contributed by atoms with E-state index in [0.29, 0.717) is 19.8 Å². The molecule has 20 heavy (non-hydrogen) atoms. The molecule has 0 bridgehead atoms. The van der Waals surface area contributed by atoms with Crippen LogP contribution in [0.3, 0.4) is 0 Å². The van der Waals surface area contributed by atoms with Crippen molar-refractivity contribution in [1.82, 2.24) is 9.97 Å². The molecule has 0 saturated carbocycles. The highest BCUT2D eigenvalue weighted by molar-refractivity contribution is 14.1. The van der Waals surface area contributed by atoms with E-state index in [9.17, 15) is 0 Å². The SMILES string of the molecule is CCCNc1nc(C2(OCC)CCOCC2)ncc1I. The maximum absolute atomic E-state index is 6.02. The van der Waals surface area contributed by atoms with Crippen LogP contribution in [0.1, 0.15) is 38.9 Å². The fraction of sp³-hybridized carbons (Fsp3) is 0.714. The third kappa shape index (κ3) is 3.59. The highest BCUT2D eigenvalue weighted by Gasteiger charge is 2.38. The van der Waals surface area contributed by atoms with Crippen LogP contribution in [0.15, 0.2) is 6.20 Å². The van der Waals surface area contributed by atoms with Gasteiger partial charge in [-0.05, 0) is 35.9 Å². The normalized spacial score (nSPS) is 17.9. The van der Waals surface area contributed by atoms with Crippen LogP contribution in [0.2, 0.25) is 0 Å². The Hall–Kier alpha value is -0.470. The number of halogens is 1. The molecule has 0 aromatic carbocycles. The first-order chi connectivity index (χ1) is 9.72. The number of anilines is 1. The Labute approximate surface area is 134 Å². The summed E-state index contributed by atoms with van der Waals surface area (Å²) in [6.07, 6.45) is 4.57. The summed E-state index contributed by atoms with van der Waals surface area (Å²) in [5, 5.41) is 3.36. The first-order valence-corrected chi connectivity index (χ1v) is 8.28. The van der Waals surface area contributed by atoms with Crippen molar-refractivity contribution >= 4 is 28.4 Å².